The maximum atomic E-state index is 13.2. The second-order valence-electron chi connectivity index (χ2n) is 4.58. The number of nitrogen functional groups attached to an aromatic ring is 1. The van der Waals surface area contributed by atoms with E-state index in [-0.39, 0.29) is 15.1 Å². The largest absolute Gasteiger partial charge is 0.396 e. The van der Waals surface area contributed by atoms with E-state index in [9.17, 15) is 12.8 Å². The Hall–Kier alpha value is -0.700. The van der Waals surface area contributed by atoms with Gasteiger partial charge in [0, 0.05) is 11.0 Å². The van der Waals surface area contributed by atoms with Gasteiger partial charge in [-0.1, -0.05) is 13.8 Å². The Labute approximate surface area is 133 Å². The topological polar surface area (TPSA) is 75.4 Å². The summed E-state index contributed by atoms with van der Waals surface area (Å²) in [7, 11) is -3.70. The summed E-state index contributed by atoms with van der Waals surface area (Å²) in [5, 5.41) is 0. The maximum Gasteiger partial charge on any atom is 0.241 e. The second kappa shape index (κ2) is 8.07. The van der Waals surface area contributed by atoms with Gasteiger partial charge in [0.15, 0.2) is 0 Å². The van der Waals surface area contributed by atoms with E-state index in [4.69, 9.17) is 5.73 Å². The van der Waals surface area contributed by atoms with Crippen LogP contribution in [0.3, 0.4) is 0 Å². The highest BCUT2D eigenvalue weighted by Crippen LogP contribution is 2.26. The Balaban J connectivity index is 2.68. The molecule has 1 rings (SSSR count). The summed E-state index contributed by atoms with van der Waals surface area (Å²) in [6.07, 6.45) is 0.704. The molecule has 0 bridgehead atoms. The average Bonchev–Trinajstić information content (AvgIpc) is 2.43. The Morgan fingerprint density at radius 3 is 2.52 bits per heavy atom. The average molecular weight is 382 g/mol. The van der Waals surface area contributed by atoms with Gasteiger partial charge in [-0.05, 0) is 54.1 Å². The van der Waals surface area contributed by atoms with Gasteiger partial charge in [-0.25, -0.2) is 17.5 Å². The third-order valence-electron chi connectivity index (χ3n) is 3.18. The zero-order valence-electron chi connectivity index (χ0n) is 12.2. The molecule has 0 aliphatic heterocycles. The summed E-state index contributed by atoms with van der Waals surface area (Å²) in [6.45, 7) is 7.13. The van der Waals surface area contributed by atoms with Crippen LogP contribution in [0.5, 0.6) is 0 Å². The van der Waals surface area contributed by atoms with Crippen molar-refractivity contribution < 1.29 is 12.8 Å². The molecule has 0 aromatic heterocycles. The van der Waals surface area contributed by atoms with Crippen LogP contribution in [0.25, 0.3) is 0 Å². The van der Waals surface area contributed by atoms with E-state index in [0.717, 1.165) is 31.8 Å². The van der Waals surface area contributed by atoms with Crippen molar-refractivity contribution in [2.45, 2.75) is 25.2 Å². The predicted molar refractivity (Wildman–Crippen MR) is 86.1 cm³/mol. The fourth-order valence-electron chi connectivity index (χ4n) is 1.88. The van der Waals surface area contributed by atoms with Crippen LogP contribution in [0.4, 0.5) is 10.1 Å². The molecule has 0 spiro atoms. The van der Waals surface area contributed by atoms with Gasteiger partial charge in [-0.3, -0.25) is 0 Å². The van der Waals surface area contributed by atoms with E-state index < -0.39 is 15.8 Å². The number of anilines is 1. The minimum Gasteiger partial charge on any atom is -0.396 e. The molecule has 0 amide bonds. The lowest BCUT2D eigenvalue weighted by atomic mass is 10.3. The van der Waals surface area contributed by atoms with E-state index >= 15 is 0 Å². The van der Waals surface area contributed by atoms with Gasteiger partial charge in [0.05, 0.1) is 10.6 Å². The molecule has 120 valence electrons. The van der Waals surface area contributed by atoms with E-state index in [0.29, 0.717) is 13.0 Å². The number of hydrogen-bond donors (Lipinski definition) is 2. The SMILES string of the molecule is CCN(CC)CCCNS(=O)(=O)c1cc(N)c(F)cc1Br. The highest BCUT2D eigenvalue weighted by molar-refractivity contribution is 9.10. The molecule has 0 saturated heterocycles. The zero-order valence-corrected chi connectivity index (χ0v) is 14.6. The van der Waals surface area contributed by atoms with Crippen LogP contribution in [-0.4, -0.2) is 39.5 Å². The van der Waals surface area contributed by atoms with Gasteiger partial charge in [0.25, 0.3) is 0 Å². The number of rotatable bonds is 8. The van der Waals surface area contributed by atoms with E-state index in [1.165, 1.54) is 0 Å². The van der Waals surface area contributed by atoms with Crippen molar-refractivity contribution in [3.8, 4) is 0 Å². The van der Waals surface area contributed by atoms with Gasteiger partial charge in [0.2, 0.25) is 10.0 Å². The summed E-state index contributed by atoms with van der Waals surface area (Å²) in [6, 6.07) is 2.17. The molecule has 0 heterocycles. The Bertz CT molecular complexity index is 577. The lowest BCUT2D eigenvalue weighted by molar-refractivity contribution is 0.300. The molecule has 0 radical (unpaired) electrons. The summed E-state index contributed by atoms with van der Waals surface area (Å²) in [4.78, 5) is 2.16. The van der Waals surface area contributed by atoms with Crippen LogP contribution < -0.4 is 10.5 Å². The molecule has 0 saturated carbocycles. The molecule has 0 aliphatic carbocycles. The number of nitrogens with two attached hydrogens (primary N) is 1. The quantitative estimate of drug-likeness (QED) is 0.534. The minimum absolute atomic E-state index is 0.0516. The van der Waals surface area contributed by atoms with E-state index in [1.54, 1.807) is 0 Å². The molecule has 0 aliphatic rings. The molecule has 1 aromatic carbocycles. The maximum absolute atomic E-state index is 13.2. The third-order valence-corrected chi connectivity index (χ3v) is 5.60. The first-order valence-corrected chi connectivity index (χ1v) is 9.06. The van der Waals surface area contributed by atoms with Crippen molar-refractivity contribution in [1.82, 2.24) is 9.62 Å². The standard InChI is InChI=1S/C13H21BrFN3O2S/c1-3-18(4-2)7-5-6-17-21(19,20)13-9-12(16)11(15)8-10(13)14/h8-9,17H,3-7,16H2,1-2H3. The van der Waals surface area contributed by atoms with Crippen LogP contribution >= 0.6 is 15.9 Å². The smallest absolute Gasteiger partial charge is 0.241 e. The first-order chi connectivity index (χ1) is 9.81. The lowest BCUT2D eigenvalue weighted by Crippen LogP contribution is -2.30. The van der Waals surface area contributed by atoms with Gasteiger partial charge in [0.1, 0.15) is 5.82 Å². The summed E-state index contributed by atoms with van der Waals surface area (Å²) < 4.78 is 40.2. The summed E-state index contributed by atoms with van der Waals surface area (Å²) in [5.74, 6) is -0.651. The Morgan fingerprint density at radius 1 is 1.33 bits per heavy atom. The highest BCUT2D eigenvalue weighted by atomic mass is 79.9. The Kier molecular flexibility index (Phi) is 7.05. The number of sulfonamides is 1. The van der Waals surface area contributed by atoms with Crippen LogP contribution in [-0.2, 0) is 10.0 Å². The van der Waals surface area contributed by atoms with Crippen molar-refractivity contribution in [3.05, 3.63) is 22.4 Å². The fourth-order valence-corrected chi connectivity index (χ4v) is 4.00. The molecular formula is C13H21BrFN3O2S. The van der Waals surface area contributed by atoms with Crippen LogP contribution in [0.15, 0.2) is 21.5 Å². The van der Waals surface area contributed by atoms with Gasteiger partial charge in [-0.15, -0.1) is 0 Å². The molecule has 1 aromatic rings. The second-order valence-corrected chi connectivity index (χ2v) is 7.17. The number of benzene rings is 1. The van der Waals surface area contributed by atoms with Crippen molar-refractivity contribution >= 4 is 31.6 Å². The molecular weight excluding hydrogens is 361 g/mol. The lowest BCUT2D eigenvalue weighted by Gasteiger charge is -2.17. The first-order valence-electron chi connectivity index (χ1n) is 6.78. The third kappa shape index (κ3) is 5.21. The normalized spacial score (nSPS) is 12.0. The Morgan fingerprint density at radius 2 is 1.95 bits per heavy atom. The molecule has 0 atom stereocenters. The van der Waals surface area contributed by atoms with Crippen molar-refractivity contribution in [3.63, 3.8) is 0 Å². The van der Waals surface area contributed by atoms with Crippen LogP contribution in [0, 0.1) is 5.82 Å². The molecule has 21 heavy (non-hydrogen) atoms. The predicted octanol–water partition coefficient (Wildman–Crippen LogP) is 2.18. The number of nitrogens with zero attached hydrogens (tertiary/aromatic N) is 1. The monoisotopic (exact) mass is 381 g/mol. The summed E-state index contributed by atoms with van der Waals surface area (Å²) >= 11 is 3.05. The van der Waals surface area contributed by atoms with Crippen molar-refractivity contribution in [1.29, 1.82) is 0 Å². The molecule has 3 N–H and O–H groups in total. The van der Waals surface area contributed by atoms with Gasteiger partial charge < -0.3 is 10.6 Å². The molecule has 8 heteroatoms. The number of hydrogen-bond acceptors (Lipinski definition) is 4. The van der Waals surface area contributed by atoms with Gasteiger partial charge in [-0.2, -0.15) is 0 Å². The van der Waals surface area contributed by atoms with E-state index in [2.05, 4.69) is 39.4 Å². The molecule has 5 nitrogen and oxygen atoms in total. The summed E-state index contributed by atoms with van der Waals surface area (Å²) in [5.41, 5.74) is 5.23. The number of halogens is 2. The van der Waals surface area contributed by atoms with Gasteiger partial charge >= 0.3 is 0 Å². The van der Waals surface area contributed by atoms with Crippen LogP contribution in [0.2, 0.25) is 0 Å². The fraction of sp³-hybridized carbons (Fsp3) is 0.538. The number of nitrogens with one attached hydrogen (secondary N) is 1. The van der Waals surface area contributed by atoms with Crippen LogP contribution in [0.1, 0.15) is 20.3 Å². The van der Waals surface area contributed by atoms with Crippen molar-refractivity contribution in [2.24, 2.45) is 0 Å². The van der Waals surface area contributed by atoms with E-state index in [1.807, 2.05) is 0 Å². The highest BCUT2D eigenvalue weighted by Gasteiger charge is 2.19. The van der Waals surface area contributed by atoms with Crippen molar-refractivity contribution in [2.75, 3.05) is 31.9 Å². The molecule has 0 fully saturated rings. The molecule has 0 unspecified atom stereocenters. The minimum atomic E-state index is -3.70. The zero-order chi connectivity index (χ0) is 16.0. The first kappa shape index (κ1) is 18.3.